The molecule has 0 amide bonds. The second-order valence-corrected chi connectivity index (χ2v) is 12.1. The van der Waals surface area contributed by atoms with Crippen molar-refractivity contribution in [3.8, 4) is 0 Å². The van der Waals surface area contributed by atoms with E-state index in [0.717, 1.165) is 18.6 Å². The molecule has 0 spiro atoms. The zero-order valence-corrected chi connectivity index (χ0v) is 20.1. The van der Waals surface area contributed by atoms with Crippen LogP contribution in [0.3, 0.4) is 0 Å². The minimum absolute atomic E-state index is 0.00559. The number of fused-ring (bicyclic) bond motifs is 3. The molecular formula is C26H40O5. The summed E-state index contributed by atoms with van der Waals surface area (Å²) in [7, 11) is 0. The maximum Gasteiger partial charge on any atom is 0.177 e. The Labute approximate surface area is 186 Å². The van der Waals surface area contributed by atoms with E-state index >= 15 is 0 Å². The Morgan fingerprint density at radius 3 is 2.39 bits per heavy atom. The molecule has 31 heavy (non-hydrogen) atoms. The molecule has 5 rings (SSSR count). The van der Waals surface area contributed by atoms with Crippen molar-refractivity contribution in [2.75, 3.05) is 6.61 Å². The molecule has 3 aliphatic carbocycles. The van der Waals surface area contributed by atoms with Gasteiger partial charge in [0, 0.05) is 28.6 Å². The fraction of sp³-hybridized carbons (Fsp3) is 0.846. The van der Waals surface area contributed by atoms with Crippen molar-refractivity contribution >= 4 is 0 Å². The molecule has 2 saturated heterocycles. The van der Waals surface area contributed by atoms with Gasteiger partial charge in [0.2, 0.25) is 0 Å². The van der Waals surface area contributed by atoms with E-state index < -0.39 is 23.4 Å². The maximum absolute atomic E-state index is 11.8. The van der Waals surface area contributed by atoms with Crippen LogP contribution in [0.2, 0.25) is 0 Å². The molecule has 2 N–H and O–H groups in total. The lowest BCUT2D eigenvalue weighted by Crippen LogP contribution is -2.73. The van der Waals surface area contributed by atoms with E-state index in [9.17, 15) is 10.2 Å². The van der Waals surface area contributed by atoms with E-state index in [0.29, 0.717) is 6.42 Å². The summed E-state index contributed by atoms with van der Waals surface area (Å²) in [6.45, 7) is 19.8. The number of hydrogen-bond acceptors (Lipinski definition) is 5. The van der Waals surface area contributed by atoms with Crippen LogP contribution in [0.5, 0.6) is 0 Å². The molecule has 4 fully saturated rings. The minimum Gasteiger partial charge on any atom is -0.390 e. The van der Waals surface area contributed by atoms with Crippen molar-refractivity contribution in [2.24, 2.45) is 34.0 Å². The molecule has 2 heterocycles. The average Bonchev–Trinajstić information content (AvgIpc) is 2.93. The first-order valence-electron chi connectivity index (χ1n) is 12.0. The van der Waals surface area contributed by atoms with Crippen LogP contribution in [0.15, 0.2) is 23.8 Å². The Kier molecular flexibility index (Phi) is 4.59. The lowest BCUT2D eigenvalue weighted by atomic mass is 9.44. The van der Waals surface area contributed by atoms with Gasteiger partial charge in [-0.3, -0.25) is 0 Å². The summed E-state index contributed by atoms with van der Waals surface area (Å²) >= 11 is 0. The molecule has 5 nitrogen and oxygen atoms in total. The Bertz CT molecular complexity index is 828. The standard InChI is InChI=1S/C26H40O5/c1-9-19-30-18-10-17-24(7,12-29-17)21-15(4)26(23(5,6)28)11-16(27)13(2)20(26)14(3)22(31-19)25(18,21)8/h9,14-19,21-22,27-28H,1,10-12H2,2-8H3/t14-,15-,16-,17+,18-,19?,21+,22-,24+,25+,26+/m0/s1. The third-order valence-corrected chi connectivity index (χ3v) is 10.4. The number of aliphatic hydroxyl groups is 2. The maximum atomic E-state index is 11.8. The van der Waals surface area contributed by atoms with Crippen LogP contribution in [0.25, 0.3) is 0 Å². The topological polar surface area (TPSA) is 68.2 Å². The summed E-state index contributed by atoms with van der Waals surface area (Å²) in [5, 5.41) is 22.8. The molecule has 0 aromatic rings. The van der Waals surface area contributed by atoms with E-state index in [1.54, 1.807) is 6.08 Å². The average molecular weight is 433 g/mol. The molecule has 2 aliphatic heterocycles. The third kappa shape index (κ3) is 2.40. The van der Waals surface area contributed by atoms with E-state index in [2.05, 4.69) is 34.3 Å². The molecule has 174 valence electrons. The summed E-state index contributed by atoms with van der Waals surface area (Å²) in [6.07, 6.45) is 2.25. The van der Waals surface area contributed by atoms with Gasteiger partial charge in [-0.2, -0.15) is 0 Å². The van der Waals surface area contributed by atoms with Gasteiger partial charge in [-0.05, 0) is 50.7 Å². The monoisotopic (exact) mass is 432 g/mol. The Morgan fingerprint density at radius 2 is 1.84 bits per heavy atom. The normalized spacial score (nSPS) is 56.2. The summed E-state index contributed by atoms with van der Waals surface area (Å²) in [4.78, 5) is 0. The lowest BCUT2D eigenvalue weighted by molar-refractivity contribution is -0.370. The predicted molar refractivity (Wildman–Crippen MR) is 118 cm³/mol. The van der Waals surface area contributed by atoms with Crippen molar-refractivity contribution in [3.63, 3.8) is 0 Å². The van der Waals surface area contributed by atoms with Gasteiger partial charge in [0.25, 0.3) is 0 Å². The summed E-state index contributed by atoms with van der Waals surface area (Å²) < 4.78 is 19.2. The molecule has 0 aromatic carbocycles. The highest BCUT2D eigenvalue weighted by molar-refractivity contribution is 5.41. The molecular weight excluding hydrogens is 392 g/mol. The summed E-state index contributed by atoms with van der Waals surface area (Å²) in [5.41, 5.74) is 0.459. The van der Waals surface area contributed by atoms with E-state index in [4.69, 9.17) is 14.2 Å². The highest BCUT2D eigenvalue weighted by atomic mass is 16.7. The van der Waals surface area contributed by atoms with E-state index in [-0.39, 0.29) is 46.9 Å². The smallest absolute Gasteiger partial charge is 0.177 e. The van der Waals surface area contributed by atoms with Crippen molar-refractivity contribution in [1.82, 2.24) is 0 Å². The fourth-order valence-electron chi connectivity index (χ4n) is 9.24. The lowest BCUT2D eigenvalue weighted by Gasteiger charge is -2.68. The van der Waals surface area contributed by atoms with Gasteiger partial charge in [0.1, 0.15) is 0 Å². The Balaban J connectivity index is 1.80. The molecule has 0 aromatic heterocycles. The van der Waals surface area contributed by atoms with Gasteiger partial charge in [0.05, 0.1) is 36.6 Å². The van der Waals surface area contributed by atoms with Gasteiger partial charge < -0.3 is 24.4 Å². The summed E-state index contributed by atoms with van der Waals surface area (Å²) in [6, 6.07) is 0. The first-order valence-corrected chi connectivity index (χ1v) is 12.0. The van der Waals surface area contributed by atoms with Crippen molar-refractivity contribution in [2.45, 2.75) is 97.6 Å². The van der Waals surface area contributed by atoms with Crippen LogP contribution in [-0.4, -0.2) is 53.1 Å². The van der Waals surface area contributed by atoms with Gasteiger partial charge >= 0.3 is 0 Å². The second kappa shape index (κ2) is 6.44. The molecule has 2 saturated carbocycles. The highest BCUT2D eigenvalue weighted by Crippen LogP contribution is 2.72. The highest BCUT2D eigenvalue weighted by Gasteiger charge is 2.75. The van der Waals surface area contributed by atoms with Gasteiger partial charge in [-0.1, -0.05) is 39.8 Å². The summed E-state index contributed by atoms with van der Waals surface area (Å²) in [5.74, 6) is 0.396. The largest absolute Gasteiger partial charge is 0.390 e. The molecule has 0 bridgehead atoms. The number of ether oxygens (including phenoxy) is 3. The van der Waals surface area contributed by atoms with Crippen molar-refractivity contribution in [1.29, 1.82) is 0 Å². The van der Waals surface area contributed by atoms with Crippen LogP contribution in [0.4, 0.5) is 0 Å². The second-order valence-electron chi connectivity index (χ2n) is 12.1. The van der Waals surface area contributed by atoms with Crippen LogP contribution in [0.1, 0.15) is 61.3 Å². The van der Waals surface area contributed by atoms with Crippen LogP contribution in [0, 0.1) is 34.0 Å². The van der Waals surface area contributed by atoms with Crippen LogP contribution >= 0.6 is 0 Å². The zero-order valence-electron chi connectivity index (χ0n) is 20.1. The zero-order chi connectivity index (χ0) is 22.7. The molecule has 5 aliphatic rings. The predicted octanol–water partition coefficient (Wildman–Crippen LogP) is 3.84. The molecule has 5 heteroatoms. The molecule has 11 atom stereocenters. The van der Waals surface area contributed by atoms with Crippen LogP contribution < -0.4 is 0 Å². The number of rotatable bonds is 2. The van der Waals surface area contributed by atoms with Gasteiger partial charge in [-0.15, -0.1) is 0 Å². The van der Waals surface area contributed by atoms with Gasteiger partial charge in [-0.25, -0.2) is 0 Å². The van der Waals surface area contributed by atoms with E-state index in [1.807, 2.05) is 20.8 Å². The van der Waals surface area contributed by atoms with Crippen LogP contribution in [-0.2, 0) is 14.2 Å². The Hall–Kier alpha value is -0.720. The third-order valence-electron chi connectivity index (χ3n) is 10.4. The van der Waals surface area contributed by atoms with Gasteiger partial charge in [0.15, 0.2) is 6.29 Å². The first-order chi connectivity index (χ1) is 14.3. The SMILES string of the molecule is C=CC1O[C@H]2C[C@H]3OC[C@@]3(C)[C@H]3[C@H](C)[C@]4(C(C)(C)O)C[C@H](O)C(C)=C4[C@H](C)[C@H](O1)[C@]23C. The van der Waals surface area contributed by atoms with Crippen molar-refractivity contribution in [3.05, 3.63) is 23.8 Å². The first kappa shape index (κ1) is 22.1. The minimum atomic E-state index is -0.985. The van der Waals surface area contributed by atoms with Crippen molar-refractivity contribution < 1.29 is 24.4 Å². The quantitative estimate of drug-likeness (QED) is 0.649. The fourth-order valence-corrected chi connectivity index (χ4v) is 9.24. The van der Waals surface area contributed by atoms with E-state index in [1.165, 1.54) is 5.57 Å². The molecule has 1 unspecified atom stereocenters. The number of aliphatic hydroxyl groups excluding tert-OH is 1. The number of hydrogen-bond donors (Lipinski definition) is 2. The Morgan fingerprint density at radius 1 is 1.16 bits per heavy atom. The molecule has 0 radical (unpaired) electrons.